The molecule has 0 bridgehead atoms. The van der Waals surface area contributed by atoms with Gasteiger partial charge in [-0.05, 0) is 30.2 Å². The number of carbonyl (C=O) groups excluding carboxylic acids is 1. The normalized spacial score (nSPS) is 10.3. The van der Waals surface area contributed by atoms with Crippen LogP contribution in [-0.4, -0.2) is 15.5 Å². The van der Waals surface area contributed by atoms with Gasteiger partial charge in [0, 0.05) is 11.9 Å². The Morgan fingerprint density at radius 2 is 2.14 bits per heavy atom. The van der Waals surface area contributed by atoms with Crippen molar-refractivity contribution in [2.24, 2.45) is 0 Å². The van der Waals surface area contributed by atoms with Crippen molar-refractivity contribution in [2.45, 2.75) is 26.3 Å². The molecule has 0 unspecified atom stereocenters. The van der Waals surface area contributed by atoms with Gasteiger partial charge in [0.1, 0.15) is 24.0 Å². The van der Waals surface area contributed by atoms with Crippen LogP contribution >= 0.6 is 0 Å². The van der Waals surface area contributed by atoms with Gasteiger partial charge in [-0.3, -0.25) is 9.59 Å². The van der Waals surface area contributed by atoms with Gasteiger partial charge in [-0.1, -0.05) is 19.9 Å². The molecular weight excluding hydrogens is 280 g/mol. The fraction of sp³-hybridized carbons (Fsp3) is 0.250. The van der Waals surface area contributed by atoms with E-state index in [1.807, 2.05) is 19.9 Å². The van der Waals surface area contributed by atoms with Gasteiger partial charge in [-0.25, -0.2) is 4.98 Å². The fourth-order valence-corrected chi connectivity index (χ4v) is 2.11. The number of pyridine rings is 2. The predicted molar refractivity (Wildman–Crippen MR) is 82.4 cm³/mol. The molecule has 0 fully saturated rings. The largest absolute Gasteiger partial charge is 0.309 e. The number of nitrogens with one attached hydrogen (secondary N) is 1. The molecule has 0 aliphatic carbocycles. The van der Waals surface area contributed by atoms with Crippen LogP contribution in [0.2, 0.25) is 0 Å². The second-order valence-electron chi connectivity index (χ2n) is 5.09. The smallest absolute Gasteiger partial charge is 0.269 e. The number of hydrogen-bond donors (Lipinski definition) is 1. The number of hydrogen-bond acceptors (Lipinski definition) is 4. The van der Waals surface area contributed by atoms with E-state index in [-0.39, 0.29) is 23.9 Å². The van der Waals surface area contributed by atoms with Gasteiger partial charge in [-0.15, -0.1) is 0 Å². The minimum absolute atomic E-state index is 0.0232. The highest BCUT2D eigenvalue weighted by atomic mass is 16.2. The van der Waals surface area contributed by atoms with Crippen molar-refractivity contribution >= 4 is 11.7 Å². The second kappa shape index (κ2) is 6.68. The quantitative estimate of drug-likeness (QED) is 0.933. The van der Waals surface area contributed by atoms with Crippen molar-refractivity contribution in [3.05, 3.63) is 58.1 Å². The third-order valence-electron chi connectivity index (χ3n) is 3.15. The highest BCUT2D eigenvalue weighted by Crippen LogP contribution is 2.13. The van der Waals surface area contributed by atoms with Crippen molar-refractivity contribution in [2.75, 3.05) is 5.32 Å². The van der Waals surface area contributed by atoms with Crippen molar-refractivity contribution in [3.63, 3.8) is 0 Å². The van der Waals surface area contributed by atoms with Crippen LogP contribution in [0.1, 0.15) is 31.0 Å². The maximum Gasteiger partial charge on any atom is 0.269 e. The maximum absolute atomic E-state index is 12.3. The molecule has 0 spiro atoms. The summed E-state index contributed by atoms with van der Waals surface area (Å²) in [6.45, 7) is 3.69. The number of nitriles is 1. The number of aromatic nitrogens is 2. The van der Waals surface area contributed by atoms with Gasteiger partial charge in [0.2, 0.25) is 5.91 Å². The van der Waals surface area contributed by atoms with Gasteiger partial charge < -0.3 is 9.88 Å². The average Bonchev–Trinajstić information content (AvgIpc) is 2.50. The number of anilines is 1. The summed E-state index contributed by atoms with van der Waals surface area (Å²) in [5.41, 5.74) is 0.278. The van der Waals surface area contributed by atoms with E-state index in [9.17, 15) is 9.59 Å². The summed E-state index contributed by atoms with van der Waals surface area (Å²) in [5, 5.41) is 11.6. The first-order valence-corrected chi connectivity index (χ1v) is 6.87. The molecular formula is C16H16N4O2. The SMILES string of the molecule is CC(C)c1ccc(C#N)c(=O)n1CC(=O)Nc1ccccn1. The minimum atomic E-state index is -0.454. The molecule has 0 atom stereocenters. The molecule has 6 heteroatoms. The Labute approximate surface area is 128 Å². The molecule has 0 aliphatic heterocycles. The first-order chi connectivity index (χ1) is 10.5. The lowest BCUT2D eigenvalue weighted by Crippen LogP contribution is -2.31. The Morgan fingerprint density at radius 1 is 1.36 bits per heavy atom. The maximum atomic E-state index is 12.3. The monoisotopic (exact) mass is 296 g/mol. The molecule has 0 aliphatic rings. The highest BCUT2D eigenvalue weighted by molar-refractivity contribution is 5.89. The first kappa shape index (κ1) is 15.4. The summed E-state index contributed by atoms with van der Waals surface area (Å²) >= 11 is 0. The van der Waals surface area contributed by atoms with Gasteiger partial charge in [0.05, 0.1) is 0 Å². The Bertz CT molecular complexity index is 773. The molecule has 22 heavy (non-hydrogen) atoms. The summed E-state index contributed by atoms with van der Waals surface area (Å²) in [7, 11) is 0. The molecule has 0 aromatic carbocycles. The molecule has 0 radical (unpaired) electrons. The summed E-state index contributed by atoms with van der Waals surface area (Å²) in [6.07, 6.45) is 1.57. The van der Waals surface area contributed by atoms with E-state index in [2.05, 4.69) is 10.3 Å². The number of carbonyl (C=O) groups is 1. The van der Waals surface area contributed by atoms with Crippen LogP contribution in [0.15, 0.2) is 41.3 Å². The first-order valence-electron chi connectivity index (χ1n) is 6.87. The zero-order valence-corrected chi connectivity index (χ0v) is 12.4. The van der Waals surface area contributed by atoms with E-state index in [1.165, 1.54) is 10.6 Å². The van der Waals surface area contributed by atoms with E-state index in [1.54, 1.807) is 30.5 Å². The highest BCUT2D eigenvalue weighted by Gasteiger charge is 2.14. The van der Waals surface area contributed by atoms with Crippen LogP contribution in [0.5, 0.6) is 0 Å². The molecule has 6 nitrogen and oxygen atoms in total. The predicted octanol–water partition coefficient (Wildman–Crippen LogP) is 1.88. The third-order valence-corrected chi connectivity index (χ3v) is 3.15. The molecule has 1 N–H and O–H groups in total. The molecule has 1 amide bonds. The van der Waals surface area contributed by atoms with Crippen LogP contribution in [0.3, 0.4) is 0 Å². The summed E-state index contributed by atoms with van der Waals surface area (Å²) in [4.78, 5) is 28.4. The second-order valence-corrected chi connectivity index (χ2v) is 5.09. The Balaban J connectivity index is 2.30. The van der Waals surface area contributed by atoms with Crippen molar-refractivity contribution in [1.82, 2.24) is 9.55 Å². The summed E-state index contributed by atoms with van der Waals surface area (Å²) in [6, 6.07) is 10.2. The standard InChI is InChI=1S/C16H16N4O2/c1-11(2)13-7-6-12(9-17)16(22)20(13)10-15(21)19-14-5-3-4-8-18-14/h3-8,11H,10H2,1-2H3,(H,18,19,21). The zero-order valence-electron chi connectivity index (χ0n) is 12.4. The number of nitrogens with zero attached hydrogens (tertiary/aromatic N) is 3. The van der Waals surface area contributed by atoms with Crippen LogP contribution < -0.4 is 10.9 Å². The lowest BCUT2D eigenvalue weighted by molar-refractivity contribution is -0.116. The van der Waals surface area contributed by atoms with Gasteiger partial charge in [-0.2, -0.15) is 5.26 Å². The Morgan fingerprint density at radius 3 is 2.73 bits per heavy atom. The Hall–Kier alpha value is -2.94. The zero-order chi connectivity index (χ0) is 16.1. The summed E-state index contributed by atoms with van der Waals surface area (Å²) < 4.78 is 1.33. The van der Waals surface area contributed by atoms with Crippen molar-refractivity contribution in [3.8, 4) is 6.07 Å². The van der Waals surface area contributed by atoms with E-state index < -0.39 is 5.56 Å². The van der Waals surface area contributed by atoms with E-state index in [0.29, 0.717) is 11.5 Å². The van der Waals surface area contributed by atoms with Crippen LogP contribution in [-0.2, 0) is 11.3 Å². The number of rotatable bonds is 4. The van der Waals surface area contributed by atoms with Gasteiger partial charge in [0.25, 0.3) is 5.56 Å². The van der Waals surface area contributed by atoms with Crippen molar-refractivity contribution in [1.29, 1.82) is 5.26 Å². The number of amides is 1. The topological polar surface area (TPSA) is 87.8 Å². The van der Waals surface area contributed by atoms with E-state index in [4.69, 9.17) is 5.26 Å². The van der Waals surface area contributed by atoms with Crippen LogP contribution in [0, 0.1) is 11.3 Å². The average molecular weight is 296 g/mol. The van der Waals surface area contributed by atoms with E-state index in [0.717, 1.165) is 0 Å². The molecule has 2 aromatic rings. The van der Waals surface area contributed by atoms with Crippen molar-refractivity contribution < 1.29 is 4.79 Å². The molecule has 0 saturated carbocycles. The van der Waals surface area contributed by atoms with Gasteiger partial charge in [0.15, 0.2) is 0 Å². The lowest BCUT2D eigenvalue weighted by atomic mass is 10.1. The molecule has 2 aromatic heterocycles. The molecule has 2 heterocycles. The minimum Gasteiger partial charge on any atom is -0.309 e. The van der Waals surface area contributed by atoms with E-state index >= 15 is 0 Å². The molecule has 0 saturated heterocycles. The molecule has 2 rings (SSSR count). The fourth-order valence-electron chi connectivity index (χ4n) is 2.11. The molecule has 112 valence electrons. The van der Waals surface area contributed by atoms with Crippen LogP contribution in [0.4, 0.5) is 5.82 Å². The third kappa shape index (κ3) is 3.38. The Kier molecular flexibility index (Phi) is 4.69. The summed E-state index contributed by atoms with van der Waals surface area (Å²) in [5.74, 6) is 0.115. The van der Waals surface area contributed by atoms with Crippen LogP contribution in [0.25, 0.3) is 0 Å². The lowest BCUT2D eigenvalue weighted by Gasteiger charge is -2.15. The van der Waals surface area contributed by atoms with Gasteiger partial charge >= 0.3 is 0 Å².